The van der Waals surface area contributed by atoms with Crippen LogP contribution in [0.15, 0.2) is 0 Å². The second-order valence-corrected chi connectivity index (χ2v) is 6.85. The maximum Gasteiger partial charge on any atom is 0.246 e. The first kappa shape index (κ1) is 16.8. The fourth-order valence-electron chi connectivity index (χ4n) is 3.69. The van der Waals surface area contributed by atoms with Gasteiger partial charge in [0.05, 0.1) is 5.60 Å². The standard InChI is InChI=1S/C17H32N2O2/c18-14-17(11-7-3-4-8-12-17)21-13-16(20)19-15-9-5-1-2-6-10-15/h15H,1-14,18H2,(H,19,20). The van der Waals surface area contributed by atoms with E-state index in [-0.39, 0.29) is 18.1 Å². The number of carbonyl (C=O) groups excluding carboxylic acids is 1. The second-order valence-electron chi connectivity index (χ2n) is 6.85. The Labute approximate surface area is 129 Å². The first-order chi connectivity index (χ1) is 10.2. The van der Waals surface area contributed by atoms with E-state index in [0.29, 0.717) is 12.6 Å². The van der Waals surface area contributed by atoms with Crippen molar-refractivity contribution in [1.29, 1.82) is 0 Å². The number of ether oxygens (including phenoxy) is 1. The van der Waals surface area contributed by atoms with Crippen LogP contribution in [0.3, 0.4) is 0 Å². The molecule has 1 amide bonds. The van der Waals surface area contributed by atoms with Crippen molar-refractivity contribution in [3.63, 3.8) is 0 Å². The van der Waals surface area contributed by atoms with Crippen molar-refractivity contribution in [3.05, 3.63) is 0 Å². The third-order valence-electron chi connectivity index (χ3n) is 5.12. The minimum atomic E-state index is -0.253. The van der Waals surface area contributed by atoms with Gasteiger partial charge in [0.2, 0.25) is 5.91 Å². The Kier molecular flexibility index (Phi) is 6.97. The van der Waals surface area contributed by atoms with Crippen LogP contribution in [0.5, 0.6) is 0 Å². The molecule has 4 nitrogen and oxygen atoms in total. The Morgan fingerprint density at radius 1 is 1.00 bits per heavy atom. The van der Waals surface area contributed by atoms with Gasteiger partial charge in [-0.05, 0) is 25.7 Å². The van der Waals surface area contributed by atoms with Gasteiger partial charge in [-0.15, -0.1) is 0 Å². The Morgan fingerprint density at radius 2 is 1.57 bits per heavy atom. The molecule has 0 aliphatic heterocycles. The molecule has 0 bridgehead atoms. The molecule has 122 valence electrons. The molecule has 2 aliphatic carbocycles. The van der Waals surface area contributed by atoms with E-state index in [1.807, 2.05) is 0 Å². The van der Waals surface area contributed by atoms with Gasteiger partial charge in [0.1, 0.15) is 6.61 Å². The van der Waals surface area contributed by atoms with Gasteiger partial charge in [-0.2, -0.15) is 0 Å². The lowest BCUT2D eigenvalue weighted by atomic mass is 9.94. The first-order valence-corrected chi connectivity index (χ1v) is 8.87. The number of carbonyl (C=O) groups is 1. The summed E-state index contributed by atoms with van der Waals surface area (Å²) in [6.45, 7) is 0.706. The van der Waals surface area contributed by atoms with E-state index in [1.165, 1.54) is 51.4 Å². The highest BCUT2D eigenvalue weighted by Crippen LogP contribution is 2.29. The van der Waals surface area contributed by atoms with Crippen LogP contribution >= 0.6 is 0 Å². The van der Waals surface area contributed by atoms with Gasteiger partial charge in [0.15, 0.2) is 0 Å². The molecule has 3 N–H and O–H groups in total. The summed E-state index contributed by atoms with van der Waals surface area (Å²) in [7, 11) is 0. The molecular weight excluding hydrogens is 264 g/mol. The largest absolute Gasteiger partial charge is 0.364 e. The summed E-state index contributed by atoms with van der Waals surface area (Å²) in [5.74, 6) is 0.0407. The molecule has 0 spiro atoms. The predicted molar refractivity (Wildman–Crippen MR) is 85.1 cm³/mol. The van der Waals surface area contributed by atoms with Crippen LogP contribution in [-0.2, 0) is 9.53 Å². The highest BCUT2D eigenvalue weighted by molar-refractivity contribution is 5.77. The molecule has 2 rings (SSSR count). The lowest BCUT2D eigenvalue weighted by Gasteiger charge is -2.31. The van der Waals surface area contributed by atoms with Crippen molar-refractivity contribution < 1.29 is 9.53 Å². The SMILES string of the molecule is NCC1(OCC(=O)NC2CCCCCC2)CCCCCC1. The minimum absolute atomic E-state index is 0.0407. The third-order valence-corrected chi connectivity index (χ3v) is 5.12. The van der Waals surface area contributed by atoms with Gasteiger partial charge in [-0.3, -0.25) is 4.79 Å². The minimum Gasteiger partial charge on any atom is -0.364 e. The third kappa shape index (κ3) is 5.59. The van der Waals surface area contributed by atoms with E-state index >= 15 is 0 Å². The van der Waals surface area contributed by atoms with Crippen molar-refractivity contribution >= 4 is 5.91 Å². The summed E-state index contributed by atoms with van der Waals surface area (Å²) < 4.78 is 6.00. The highest BCUT2D eigenvalue weighted by Gasteiger charge is 2.31. The molecule has 2 aliphatic rings. The quantitative estimate of drug-likeness (QED) is 0.767. The molecular formula is C17H32N2O2. The van der Waals surface area contributed by atoms with Crippen molar-refractivity contribution in [3.8, 4) is 0 Å². The van der Waals surface area contributed by atoms with Crippen molar-refractivity contribution in [2.45, 2.75) is 88.7 Å². The number of hydrogen-bond donors (Lipinski definition) is 2. The molecule has 4 heteroatoms. The molecule has 0 atom stereocenters. The molecule has 0 heterocycles. The molecule has 0 radical (unpaired) electrons. The monoisotopic (exact) mass is 296 g/mol. The van der Waals surface area contributed by atoms with Crippen LogP contribution in [-0.4, -0.2) is 30.7 Å². The number of rotatable bonds is 5. The van der Waals surface area contributed by atoms with E-state index in [2.05, 4.69) is 5.32 Å². The van der Waals surface area contributed by atoms with Crippen LogP contribution in [0.2, 0.25) is 0 Å². The van der Waals surface area contributed by atoms with E-state index < -0.39 is 0 Å². The summed E-state index contributed by atoms with van der Waals surface area (Å²) in [6.07, 6.45) is 14.2. The lowest BCUT2D eigenvalue weighted by Crippen LogP contribution is -2.44. The fraction of sp³-hybridized carbons (Fsp3) is 0.941. The lowest BCUT2D eigenvalue weighted by molar-refractivity contribution is -0.134. The molecule has 21 heavy (non-hydrogen) atoms. The number of nitrogens with one attached hydrogen (secondary N) is 1. The summed E-state index contributed by atoms with van der Waals surface area (Å²) in [6, 6.07) is 0.353. The Hall–Kier alpha value is -0.610. The maximum absolute atomic E-state index is 12.1. The Morgan fingerprint density at radius 3 is 2.14 bits per heavy atom. The van der Waals surface area contributed by atoms with Crippen LogP contribution < -0.4 is 11.1 Å². The van der Waals surface area contributed by atoms with E-state index in [1.54, 1.807) is 0 Å². The van der Waals surface area contributed by atoms with Gasteiger partial charge >= 0.3 is 0 Å². The zero-order valence-electron chi connectivity index (χ0n) is 13.4. The highest BCUT2D eigenvalue weighted by atomic mass is 16.5. The molecule has 0 aromatic carbocycles. The van der Waals surface area contributed by atoms with Gasteiger partial charge < -0.3 is 15.8 Å². The zero-order valence-corrected chi connectivity index (χ0v) is 13.4. The molecule has 2 fully saturated rings. The van der Waals surface area contributed by atoms with Gasteiger partial charge in [0, 0.05) is 12.6 Å². The summed E-state index contributed by atoms with van der Waals surface area (Å²) >= 11 is 0. The molecule has 0 aromatic heterocycles. The van der Waals surface area contributed by atoms with Crippen molar-refractivity contribution in [2.75, 3.05) is 13.2 Å². The number of hydrogen-bond acceptors (Lipinski definition) is 3. The second kappa shape index (κ2) is 8.74. The predicted octanol–water partition coefficient (Wildman–Crippen LogP) is 2.89. The van der Waals surface area contributed by atoms with Crippen LogP contribution in [0.25, 0.3) is 0 Å². The molecule has 2 saturated carbocycles. The average molecular weight is 296 g/mol. The summed E-state index contributed by atoms with van der Waals surface area (Å²) in [5.41, 5.74) is 5.69. The topological polar surface area (TPSA) is 64.3 Å². The zero-order chi connectivity index (χ0) is 15.0. The van der Waals surface area contributed by atoms with Gasteiger partial charge in [0.25, 0.3) is 0 Å². The van der Waals surface area contributed by atoms with Crippen molar-refractivity contribution in [1.82, 2.24) is 5.32 Å². The van der Waals surface area contributed by atoms with Crippen LogP contribution in [0.4, 0.5) is 0 Å². The Balaban J connectivity index is 1.75. The fourth-order valence-corrected chi connectivity index (χ4v) is 3.69. The van der Waals surface area contributed by atoms with E-state index in [9.17, 15) is 4.79 Å². The Bertz CT molecular complexity index is 304. The average Bonchev–Trinajstić information content (AvgIpc) is 2.88. The summed E-state index contributed by atoms with van der Waals surface area (Å²) in [4.78, 5) is 12.1. The molecule has 0 aromatic rings. The summed E-state index contributed by atoms with van der Waals surface area (Å²) in [5, 5.41) is 3.15. The molecule has 0 unspecified atom stereocenters. The first-order valence-electron chi connectivity index (χ1n) is 8.87. The van der Waals surface area contributed by atoms with Crippen LogP contribution in [0, 0.1) is 0 Å². The maximum atomic E-state index is 12.1. The van der Waals surface area contributed by atoms with Gasteiger partial charge in [-0.1, -0.05) is 51.4 Å². The van der Waals surface area contributed by atoms with E-state index in [0.717, 1.165) is 25.7 Å². The van der Waals surface area contributed by atoms with Crippen LogP contribution in [0.1, 0.15) is 77.0 Å². The normalized spacial score (nSPS) is 24.0. The number of amides is 1. The van der Waals surface area contributed by atoms with Gasteiger partial charge in [-0.25, -0.2) is 0 Å². The smallest absolute Gasteiger partial charge is 0.246 e. The number of nitrogens with two attached hydrogens (primary N) is 1. The van der Waals surface area contributed by atoms with E-state index in [4.69, 9.17) is 10.5 Å². The van der Waals surface area contributed by atoms with Crippen molar-refractivity contribution in [2.24, 2.45) is 5.73 Å². The molecule has 0 saturated heterocycles.